The Labute approximate surface area is 230 Å². The van der Waals surface area contributed by atoms with E-state index >= 15 is 0 Å². The first-order valence-electron chi connectivity index (χ1n) is 12.3. The van der Waals surface area contributed by atoms with Crippen LogP contribution in [0.1, 0.15) is 12.2 Å². The van der Waals surface area contributed by atoms with Gasteiger partial charge in [-0.2, -0.15) is 4.98 Å². The Balaban J connectivity index is 1.55. The van der Waals surface area contributed by atoms with Gasteiger partial charge >= 0.3 is 0 Å². The van der Waals surface area contributed by atoms with Crippen LogP contribution < -0.4 is 23.8 Å². The minimum absolute atomic E-state index is 0.00778. The highest BCUT2D eigenvalue weighted by Gasteiger charge is 2.37. The van der Waals surface area contributed by atoms with Crippen LogP contribution in [0.3, 0.4) is 0 Å². The van der Waals surface area contributed by atoms with Crippen LogP contribution in [-0.2, 0) is 10.0 Å². The summed E-state index contributed by atoms with van der Waals surface area (Å²) in [7, 11) is 0.314. The molecule has 40 heavy (non-hydrogen) atoms. The molecular formula is C25H29N7O7S. The normalized spacial score (nSPS) is 17.5. The highest BCUT2D eigenvalue weighted by Crippen LogP contribution is 2.38. The molecule has 1 aliphatic rings. The number of aliphatic hydroxyl groups is 1. The molecule has 5 rings (SSSR count). The van der Waals surface area contributed by atoms with Crippen LogP contribution in [0.5, 0.6) is 17.4 Å². The van der Waals surface area contributed by atoms with Gasteiger partial charge < -0.3 is 28.6 Å². The van der Waals surface area contributed by atoms with Crippen LogP contribution in [0, 0.1) is 6.92 Å². The largest absolute Gasteiger partial charge is 0.494 e. The molecule has 0 aliphatic carbocycles. The highest BCUT2D eigenvalue weighted by atomic mass is 32.2. The van der Waals surface area contributed by atoms with Gasteiger partial charge in [0.15, 0.2) is 5.76 Å². The van der Waals surface area contributed by atoms with E-state index in [1.807, 2.05) is 0 Å². The van der Waals surface area contributed by atoms with Gasteiger partial charge in [-0.05, 0) is 37.6 Å². The number of aromatic nitrogens is 5. The first-order chi connectivity index (χ1) is 19.2. The van der Waals surface area contributed by atoms with Gasteiger partial charge in [0, 0.05) is 25.4 Å². The number of aryl methyl sites for hydroxylation is 1. The average molecular weight is 572 g/mol. The molecule has 1 aliphatic heterocycles. The lowest BCUT2D eigenvalue weighted by atomic mass is 10.1. The Morgan fingerprint density at radius 3 is 2.42 bits per heavy atom. The molecule has 0 spiro atoms. The zero-order chi connectivity index (χ0) is 28.4. The second-order valence-electron chi connectivity index (χ2n) is 9.07. The van der Waals surface area contributed by atoms with E-state index in [4.69, 9.17) is 18.6 Å². The minimum Gasteiger partial charge on any atom is -0.494 e. The van der Waals surface area contributed by atoms with Gasteiger partial charge in [0.1, 0.15) is 28.2 Å². The predicted octanol–water partition coefficient (Wildman–Crippen LogP) is 2.03. The van der Waals surface area contributed by atoms with E-state index in [1.54, 1.807) is 48.2 Å². The number of nitrogens with one attached hydrogen (secondary N) is 1. The second-order valence-corrected chi connectivity index (χ2v) is 11.0. The standard InChI is InChI=1S/C25H29N7O7S/c1-15-8-9-20(39-15)23-28-29-25(32(23)22-18(36-2)6-5-7-19(22)37-3)30-40(34,35)17-12-16(33)13-31(14-17)24-26-11-10-21(27-24)38-4/h5-11,16-17,33H,12-14H2,1-4H3,(H,29,30)/t16-,17+/m0/s1. The molecule has 0 amide bonds. The average Bonchev–Trinajstić information content (AvgIpc) is 3.57. The van der Waals surface area contributed by atoms with Gasteiger partial charge in [0.2, 0.25) is 33.6 Å². The number of rotatable bonds is 9. The summed E-state index contributed by atoms with van der Waals surface area (Å²) in [6.07, 6.45) is 0.552. The third-order valence-corrected chi connectivity index (χ3v) is 8.11. The molecule has 4 aromatic rings. The number of anilines is 2. The summed E-state index contributed by atoms with van der Waals surface area (Å²) >= 11 is 0. The molecule has 0 saturated carbocycles. The van der Waals surface area contributed by atoms with Crippen LogP contribution in [-0.4, -0.2) is 84.0 Å². The van der Waals surface area contributed by atoms with Crippen molar-refractivity contribution in [2.75, 3.05) is 44.0 Å². The number of hydrogen-bond acceptors (Lipinski definition) is 12. The quantitative estimate of drug-likeness (QED) is 0.300. The lowest BCUT2D eigenvalue weighted by Crippen LogP contribution is -2.50. The van der Waals surface area contributed by atoms with Crippen molar-refractivity contribution < 1.29 is 32.2 Å². The van der Waals surface area contributed by atoms with Crippen molar-refractivity contribution in [2.45, 2.75) is 24.7 Å². The van der Waals surface area contributed by atoms with Gasteiger partial charge in [-0.3, -0.25) is 9.29 Å². The van der Waals surface area contributed by atoms with Crippen molar-refractivity contribution >= 4 is 21.9 Å². The van der Waals surface area contributed by atoms with Crippen molar-refractivity contribution in [2.24, 2.45) is 0 Å². The summed E-state index contributed by atoms with van der Waals surface area (Å²) in [6.45, 7) is 1.97. The number of β-amino-alcohol motifs (C(OH)–C–C–N with tert-alkyl or cyclic N) is 1. The van der Waals surface area contributed by atoms with Crippen LogP contribution in [0.25, 0.3) is 17.3 Å². The maximum absolute atomic E-state index is 13.8. The first-order valence-corrected chi connectivity index (χ1v) is 13.8. The topological polar surface area (TPSA) is 167 Å². The fraction of sp³-hybridized carbons (Fsp3) is 0.360. The fourth-order valence-electron chi connectivity index (χ4n) is 4.55. The first kappa shape index (κ1) is 27.2. The summed E-state index contributed by atoms with van der Waals surface area (Å²) in [6, 6.07) is 10.2. The number of benzene rings is 1. The fourth-order valence-corrected chi connectivity index (χ4v) is 5.96. The molecule has 14 nitrogen and oxygen atoms in total. The van der Waals surface area contributed by atoms with Crippen molar-refractivity contribution in [1.29, 1.82) is 0 Å². The number of para-hydroxylation sites is 1. The van der Waals surface area contributed by atoms with Crippen LogP contribution in [0.15, 0.2) is 47.0 Å². The maximum Gasteiger partial charge on any atom is 0.243 e. The smallest absolute Gasteiger partial charge is 0.243 e. The molecular weight excluding hydrogens is 542 g/mol. The van der Waals surface area contributed by atoms with Crippen molar-refractivity contribution in [3.8, 4) is 34.7 Å². The van der Waals surface area contributed by atoms with E-state index in [0.717, 1.165) is 0 Å². The van der Waals surface area contributed by atoms with Gasteiger partial charge in [-0.1, -0.05) is 6.07 Å². The number of aliphatic hydroxyl groups excluding tert-OH is 1. The van der Waals surface area contributed by atoms with Crippen molar-refractivity contribution in [3.05, 3.63) is 48.4 Å². The Morgan fingerprint density at radius 2 is 1.77 bits per heavy atom. The zero-order valence-corrected chi connectivity index (χ0v) is 23.1. The number of ether oxygens (including phenoxy) is 3. The molecule has 0 bridgehead atoms. The Morgan fingerprint density at radius 1 is 1.02 bits per heavy atom. The van der Waals surface area contributed by atoms with Crippen molar-refractivity contribution in [1.82, 2.24) is 24.7 Å². The number of hydrogen-bond donors (Lipinski definition) is 2. The molecule has 3 aromatic heterocycles. The van der Waals surface area contributed by atoms with Gasteiger partial charge in [0.05, 0.1) is 27.4 Å². The second kappa shape index (κ2) is 11.0. The lowest BCUT2D eigenvalue weighted by molar-refractivity contribution is 0.154. The monoisotopic (exact) mass is 571 g/mol. The van der Waals surface area contributed by atoms with E-state index in [-0.39, 0.29) is 37.2 Å². The number of nitrogens with zero attached hydrogens (tertiary/aromatic N) is 6. The van der Waals surface area contributed by atoms with Crippen LogP contribution in [0.2, 0.25) is 0 Å². The summed E-state index contributed by atoms with van der Waals surface area (Å²) in [5, 5.41) is 18.0. The molecule has 0 unspecified atom stereocenters. The van der Waals surface area contributed by atoms with E-state index in [2.05, 4.69) is 24.9 Å². The van der Waals surface area contributed by atoms with Crippen molar-refractivity contribution in [3.63, 3.8) is 0 Å². The van der Waals surface area contributed by atoms with Crippen LogP contribution >= 0.6 is 0 Å². The number of piperidine rings is 1. The van der Waals surface area contributed by atoms with E-state index in [1.165, 1.54) is 32.1 Å². The molecule has 1 saturated heterocycles. The molecule has 4 heterocycles. The summed E-state index contributed by atoms with van der Waals surface area (Å²) in [5.41, 5.74) is 0.370. The third-order valence-electron chi connectivity index (χ3n) is 6.42. The number of furan rings is 1. The zero-order valence-electron chi connectivity index (χ0n) is 22.3. The summed E-state index contributed by atoms with van der Waals surface area (Å²) < 4.78 is 53.7. The van der Waals surface area contributed by atoms with E-state index < -0.39 is 21.4 Å². The van der Waals surface area contributed by atoms with E-state index in [9.17, 15) is 13.5 Å². The molecule has 1 fully saturated rings. The highest BCUT2D eigenvalue weighted by molar-refractivity contribution is 7.93. The summed E-state index contributed by atoms with van der Waals surface area (Å²) in [4.78, 5) is 10.1. The Kier molecular flexibility index (Phi) is 7.49. The Hall–Kier alpha value is -4.37. The maximum atomic E-state index is 13.8. The van der Waals surface area contributed by atoms with Gasteiger partial charge in [-0.15, -0.1) is 10.2 Å². The van der Waals surface area contributed by atoms with Crippen LogP contribution in [0.4, 0.5) is 11.9 Å². The van der Waals surface area contributed by atoms with E-state index in [0.29, 0.717) is 34.6 Å². The lowest BCUT2D eigenvalue weighted by Gasteiger charge is -2.35. The molecule has 1 aromatic carbocycles. The van der Waals surface area contributed by atoms with Gasteiger partial charge in [0.25, 0.3) is 0 Å². The summed E-state index contributed by atoms with van der Waals surface area (Å²) in [5.74, 6) is 2.45. The third kappa shape index (κ3) is 5.24. The number of methoxy groups -OCH3 is 3. The molecule has 2 atom stereocenters. The number of sulfonamides is 1. The molecule has 15 heteroatoms. The molecule has 0 radical (unpaired) electrons. The molecule has 212 valence electrons. The molecule has 2 N–H and O–H groups in total. The Bertz CT molecular complexity index is 1580. The SMILES string of the molecule is COc1ccnc(N2C[C@@H](O)C[C@@H](S(=O)(=O)Nc3nnc(-c4ccc(C)o4)n3-c3c(OC)cccc3OC)C2)n1. The van der Waals surface area contributed by atoms with Gasteiger partial charge in [-0.25, -0.2) is 13.4 Å². The minimum atomic E-state index is -4.13. The predicted molar refractivity (Wildman–Crippen MR) is 145 cm³/mol.